The summed E-state index contributed by atoms with van der Waals surface area (Å²) < 4.78 is 4.34. The third-order valence-corrected chi connectivity index (χ3v) is 1.59. The van der Waals surface area contributed by atoms with Gasteiger partial charge in [0.15, 0.2) is 0 Å². The molecule has 0 aliphatic rings. The van der Waals surface area contributed by atoms with E-state index in [0.717, 1.165) is 0 Å². The van der Waals surface area contributed by atoms with Gasteiger partial charge in [-0.2, -0.15) is 0 Å². The molecule has 0 saturated carbocycles. The van der Waals surface area contributed by atoms with E-state index < -0.39 is 12.1 Å². The highest BCUT2D eigenvalue weighted by Gasteiger charge is 2.14. The molecule has 6 heteroatoms. The van der Waals surface area contributed by atoms with Crippen molar-refractivity contribution in [1.29, 1.82) is 0 Å². The Balaban J connectivity index is 2.95. The molecule has 14 heavy (non-hydrogen) atoms. The fraction of sp³-hybridized carbons (Fsp3) is 0.250. The van der Waals surface area contributed by atoms with Crippen molar-refractivity contribution in [3.05, 3.63) is 17.5 Å². The molecule has 0 spiro atoms. The van der Waals surface area contributed by atoms with Crippen molar-refractivity contribution < 1.29 is 19.4 Å². The zero-order valence-electron chi connectivity index (χ0n) is 7.75. The Morgan fingerprint density at radius 2 is 2.21 bits per heavy atom. The lowest BCUT2D eigenvalue weighted by molar-refractivity contribution is 0.0692. The van der Waals surface area contributed by atoms with Gasteiger partial charge < -0.3 is 14.8 Å². The van der Waals surface area contributed by atoms with Crippen LogP contribution >= 0.6 is 0 Å². The summed E-state index contributed by atoms with van der Waals surface area (Å²) >= 11 is 0. The molecule has 1 aromatic rings. The van der Waals surface area contributed by atoms with Crippen LogP contribution < -0.4 is 5.32 Å². The molecule has 1 rings (SSSR count). The summed E-state index contributed by atoms with van der Waals surface area (Å²) in [6, 6.07) is 1.51. The van der Waals surface area contributed by atoms with Crippen LogP contribution in [0.3, 0.4) is 0 Å². The van der Waals surface area contributed by atoms with Gasteiger partial charge in [-0.3, -0.25) is 5.32 Å². The fourth-order valence-electron chi connectivity index (χ4n) is 1.02. The summed E-state index contributed by atoms with van der Waals surface area (Å²) in [6.07, 6.45) is -0.702. The molecule has 0 bridgehead atoms. The number of carbonyl (C=O) groups excluding carboxylic acids is 1. The van der Waals surface area contributed by atoms with E-state index in [1.807, 2.05) is 0 Å². The third kappa shape index (κ3) is 2.03. The molecule has 76 valence electrons. The number of nitrogens with one attached hydrogen (secondary N) is 2. The number of anilines is 1. The van der Waals surface area contributed by atoms with Gasteiger partial charge in [0.25, 0.3) is 0 Å². The predicted octanol–water partition coefficient (Wildman–Crippen LogP) is 1.20. The number of ether oxygens (including phenoxy) is 1. The van der Waals surface area contributed by atoms with E-state index in [4.69, 9.17) is 5.11 Å². The Bertz CT molecular complexity index is 369. The molecule has 1 aromatic heterocycles. The molecule has 0 atom stereocenters. The summed E-state index contributed by atoms with van der Waals surface area (Å²) in [6.45, 7) is 1.69. The maximum absolute atomic E-state index is 10.8. The topological polar surface area (TPSA) is 91.4 Å². The minimum absolute atomic E-state index is 0.0621. The van der Waals surface area contributed by atoms with Crippen LogP contribution in [0, 0.1) is 6.92 Å². The predicted molar refractivity (Wildman–Crippen MR) is 48.5 cm³/mol. The van der Waals surface area contributed by atoms with Gasteiger partial charge in [0.05, 0.1) is 12.8 Å². The van der Waals surface area contributed by atoms with Crippen LogP contribution in [0.15, 0.2) is 6.07 Å². The van der Waals surface area contributed by atoms with Crippen LogP contribution in [0.2, 0.25) is 0 Å². The number of aromatic carboxylic acids is 1. The van der Waals surface area contributed by atoms with Gasteiger partial charge in [0, 0.05) is 5.69 Å². The number of carboxylic acids is 1. The van der Waals surface area contributed by atoms with Gasteiger partial charge in [-0.25, -0.2) is 9.59 Å². The summed E-state index contributed by atoms with van der Waals surface area (Å²) in [5.74, 6) is -1.13. The number of H-pyrrole nitrogens is 1. The molecule has 0 aliphatic heterocycles. The molecule has 3 N–H and O–H groups in total. The lowest BCUT2D eigenvalue weighted by Gasteiger charge is -2.01. The number of carbonyl (C=O) groups is 2. The quantitative estimate of drug-likeness (QED) is 0.665. The van der Waals surface area contributed by atoms with Crippen LogP contribution in [0.1, 0.15) is 16.2 Å². The second-order valence-corrected chi connectivity index (χ2v) is 2.66. The van der Waals surface area contributed by atoms with E-state index in [1.165, 1.54) is 13.2 Å². The lowest BCUT2D eigenvalue weighted by atomic mass is 10.3. The smallest absolute Gasteiger partial charge is 0.411 e. The summed E-state index contributed by atoms with van der Waals surface area (Å²) in [5.41, 5.74) is 0.781. The first kappa shape index (κ1) is 10.1. The summed E-state index contributed by atoms with van der Waals surface area (Å²) in [7, 11) is 1.20. The summed E-state index contributed by atoms with van der Waals surface area (Å²) in [4.78, 5) is 24.1. The Morgan fingerprint density at radius 3 is 2.71 bits per heavy atom. The van der Waals surface area contributed by atoms with E-state index >= 15 is 0 Å². The van der Waals surface area contributed by atoms with Crippen molar-refractivity contribution >= 4 is 17.7 Å². The molecule has 0 radical (unpaired) electrons. The average Bonchev–Trinajstić information content (AvgIpc) is 2.46. The van der Waals surface area contributed by atoms with Crippen LogP contribution in [-0.4, -0.2) is 29.3 Å². The van der Waals surface area contributed by atoms with Crippen LogP contribution in [0.5, 0.6) is 0 Å². The first-order valence-corrected chi connectivity index (χ1v) is 3.82. The number of aromatic nitrogens is 1. The maximum Gasteiger partial charge on any atom is 0.411 e. The monoisotopic (exact) mass is 198 g/mol. The van der Waals surface area contributed by atoms with Crippen molar-refractivity contribution in [3.8, 4) is 0 Å². The fourth-order valence-corrected chi connectivity index (χ4v) is 1.02. The number of rotatable bonds is 2. The number of aromatic amines is 1. The average molecular weight is 198 g/mol. The zero-order valence-corrected chi connectivity index (χ0v) is 7.75. The van der Waals surface area contributed by atoms with Crippen LogP contribution in [0.4, 0.5) is 10.5 Å². The molecule has 0 unspecified atom stereocenters. The maximum atomic E-state index is 10.8. The van der Waals surface area contributed by atoms with Crippen molar-refractivity contribution in [1.82, 2.24) is 4.98 Å². The first-order chi connectivity index (χ1) is 6.54. The molecule has 6 nitrogen and oxygen atoms in total. The first-order valence-electron chi connectivity index (χ1n) is 3.82. The number of amides is 1. The highest BCUT2D eigenvalue weighted by molar-refractivity contribution is 5.97. The van der Waals surface area contributed by atoms with E-state index in [2.05, 4.69) is 15.0 Å². The number of hydrogen-bond donors (Lipinski definition) is 3. The third-order valence-electron chi connectivity index (χ3n) is 1.59. The van der Waals surface area contributed by atoms with Gasteiger partial charge in [-0.05, 0) is 13.0 Å². The van der Waals surface area contributed by atoms with Gasteiger partial charge >= 0.3 is 12.1 Å². The zero-order chi connectivity index (χ0) is 10.7. The van der Waals surface area contributed by atoms with E-state index in [0.29, 0.717) is 5.69 Å². The second-order valence-electron chi connectivity index (χ2n) is 2.66. The molecule has 0 saturated heterocycles. The number of carboxylic acid groups (broad SMARTS) is 1. The molecule has 0 aliphatic carbocycles. The molecule has 0 fully saturated rings. The molecular weight excluding hydrogens is 188 g/mol. The Kier molecular flexibility index (Phi) is 2.76. The van der Waals surface area contributed by atoms with Gasteiger partial charge in [0.1, 0.15) is 5.69 Å². The Labute approximate surface area is 79.9 Å². The normalized spacial score (nSPS) is 9.57. The second kappa shape index (κ2) is 3.82. The Morgan fingerprint density at radius 1 is 1.57 bits per heavy atom. The van der Waals surface area contributed by atoms with Crippen molar-refractivity contribution in [2.45, 2.75) is 6.92 Å². The van der Waals surface area contributed by atoms with E-state index in [-0.39, 0.29) is 11.4 Å². The van der Waals surface area contributed by atoms with Crippen LogP contribution in [-0.2, 0) is 4.74 Å². The highest BCUT2D eigenvalue weighted by atomic mass is 16.5. The van der Waals surface area contributed by atoms with Gasteiger partial charge in [-0.1, -0.05) is 0 Å². The van der Waals surface area contributed by atoms with Crippen LogP contribution in [0.25, 0.3) is 0 Å². The minimum atomic E-state index is -1.13. The standard InChI is InChI=1S/C8H10N2O4/c1-4-3-5(10-8(13)14-2)6(9-4)7(11)12/h3,9H,1-2H3,(H,10,13)(H,11,12). The minimum Gasteiger partial charge on any atom is -0.477 e. The molecule has 1 amide bonds. The SMILES string of the molecule is COC(=O)Nc1cc(C)[nH]c1C(=O)O. The molecular formula is C8H10N2O4. The lowest BCUT2D eigenvalue weighted by Crippen LogP contribution is -2.13. The van der Waals surface area contributed by atoms with E-state index in [9.17, 15) is 9.59 Å². The number of methoxy groups -OCH3 is 1. The molecule has 1 heterocycles. The molecule has 0 aromatic carbocycles. The summed E-state index contributed by atoms with van der Waals surface area (Å²) in [5, 5.41) is 11.0. The van der Waals surface area contributed by atoms with E-state index in [1.54, 1.807) is 6.92 Å². The van der Waals surface area contributed by atoms with Crippen molar-refractivity contribution in [2.75, 3.05) is 12.4 Å². The largest absolute Gasteiger partial charge is 0.477 e. The van der Waals surface area contributed by atoms with Gasteiger partial charge in [-0.15, -0.1) is 0 Å². The van der Waals surface area contributed by atoms with Crippen molar-refractivity contribution in [3.63, 3.8) is 0 Å². The number of aryl methyl sites for hydroxylation is 1. The van der Waals surface area contributed by atoms with Gasteiger partial charge in [0.2, 0.25) is 0 Å². The number of hydrogen-bond acceptors (Lipinski definition) is 3. The highest BCUT2D eigenvalue weighted by Crippen LogP contribution is 2.16. The Hall–Kier alpha value is -1.98. The van der Waals surface area contributed by atoms with Crippen molar-refractivity contribution in [2.24, 2.45) is 0 Å².